The number of hydrogen-bond acceptors (Lipinski definition) is 7. The summed E-state index contributed by atoms with van der Waals surface area (Å²) >= 11 is 0. The van der Waals surface area contributed by atoms with Crippen LogP contribution in [0.5, 0.6) is 5.75 Å². The van der Waals surface area contributed by atoms with Crippen molar-refractivity contribution in [1.82, 2.24) is 9.97 Å². The molecule has 1 aliphatic rings. The van der Waals surface area contributed by atoms with Crippen LogP contribution in [-0.2, 0) is 11.2 Å². The van der Waals surface area contributed by atoms with Gasteiger partial charge in [0.2, 0.25) is 5.95 Å². The van der Waals surface area contributed by atoms with E-state index in [1.807, 2.05) is 30.1 Å². The normalized spacial score (nSPS) is 15.7. The van der Waals surface area contributed by atoms with E-state index in [-0.39, 0.29) is 17.6 Å². The largest absolute Gasteiger partial charge is 0.488 e. The summed E-state index contributed by atoms with van der Waals surface area (Å²) in [6, 6.07) is 9.36. The molecule has 7 heteroatoms. The van der Waals surface area contributed by atoms with E-state index in [4.69, 9.17) is 10.5 Å². The Hall–Kier alpha value is -2.83. The van der Waals surface area contributed by atoms with Crippen molar-refractivity contribution < 1.29 is 14.3 Å². The highest BCUT2D eigenvalue weighted by molar-refractivity contribution is 5.88. The lowest BCUT2D eigenvalue weighted by Gasteiger charge is -2.21. The summed E-state index contributed by atoms with van der Waals surface area (Å²) in [6.45, 7) is 0.582. The first-order valence-corrected chi connectivity index (χ1v) is 7.25. The number of fused-ring (bicyclic) bond motifs is 1. The Bertz CT molecular complexity index is 710. The van der Waals surface area contributed by atoms with Gasteiger partial charge in [-0.25, -0.2) is 9.78 Å². The SMILES string of the molecule is COC(=O)c1cc(N)nc(N(C)CC2Cc3ccccc3O2)n1. The zero-order valence-electron chi connectivity index (χ0n) is 13.0. The molecule has 2 aromatic rings. The first-order chi connectivity index (χ1) is 11.1. The molecule has 2 N–H and O–H groups in total. The topological polar surface area (TPSA) is 90.6 Å². The van der Waals surface area contributed by atoms with E-state index in [1.54, 1.807) is 0 Å². The molecule has 0 radical (unpaired) electrons. The Morgan fingerprint density at radius 1 is 1.43 bits per heavy atom. The summed E-state index contributed by atoms with van der Waals surface area (Å²) in [4.78, 5) is 21.8. The Morgan fingerprint density at radius 3 is 2.96 bits per heavy atom. The van der Waals surface area contributed by atoms with Crippen LogP contribution in [0, 0.1) is 0 Å². The number of nitrogen functional groups attached to an aromatic ring is 1. The predicted molar refractivity (Wildman–Crippen MR) is 85.6 cm³/mol. The number of carbonyl (C=O) groups is 1. The molecule has 2 heterocycles. The average Bonchev–Trinajstić information content (AvgIpc) is 2.95. The maximum absolute atomic E-state index is 11.6. The lowest BCUT2D eigenvalue weighted by atomic mass is 10.1. The number of rotatable bonds is 4. The molecule has 120 valence electrons. The Balaban J connectivity index is 1.73. The number of nitrogens with two attached hydrogens (primary N) is 1. The number of likely N-dealkylation sites (N-methyl/N-ethyl adjacent to an activating group) is 1. The molecular formula is C16H18N4O3. The molecule has 1 atom stereocenters. The van der Waals surface area contributed by atoms with Gasteiger partial charge in [0, 0.05) is 19.5 Å². The number of methoxy groups -OCH3 is 1. The molecule has 0 aliphatic carbocycles. The third-order valence-corrected chi connectivity index (χ3v) is 3.66. The second-order valence-electron chi connectivity index (χ2n) is 5.40. The minimum absolute atomic E-state index is 0.00371. The first kappa shape index (κ1) is 15.1. The van der Waals surface area contributed by atoms with Crippen LogP contribution in [0.25, 0.3) is 0 Å². The molecule has 0 spiro atoms. The summed E-state index contributed by atoms with van der Waals surface area (Å²) in [5.41, 5.74) is 7.08. The van der Waals surface area contributed by atoms with Crippen molar-refractivity contribution in [3.05, 3.63) is 41.6 Å². The lowest BCUT2D eigenvalue weighted by Crippen LogP contribution is -2.33. The molecule has 0 saturated heterocycles. The van der Waals surface area contributed by atoms with E-state index in [9.17, 15) is 4.79 Å². The van der Waals surface area contributed by atoms with Gasteiger partial charge in [-0.2, -0.15) is 4.98 Å². The van der Waals surface area contributed by atoms with Crippen LogP contribution in [0.15, 0.2) is 30.3 Å². The van der Waals surface area contributed by atoms with Crippen LogP contribution in [0.3, 0.4) is 0 Å². The average molecular weight is 314 g/mol. The maximum Gasteiger partial charge on any atom is 0.356 e. The number of nitrogens with zero attached hydrogens (tertiary/aromatic N) is 3. The van der Waals surface area contributed by atoms with Gasteiger partial charge < -0.3 is 20.1 Å². The standard InChI is InChI=1S/C16H18N4O3/c1-20(9-11-7-10-5-3-4-6-13(10)23-11)16-18-12(15(21)22-2)8-14(17)19-16/h3-6,8,11H,7,9H2,1-2H3,(H2,17,18,19). The van der Waals surface area contributed by atoms with Crippen molar-refractivity contribution in [3.63, 3.8) is 0 Å². The molecule has 0 saturated carbocycles. The molecule has 0 bridgehead atoms. The van der Waals surface area contributed by atoms with Gasteiger partial charge >= 0.3 is 5.97 Å². The summed E-state index contributed by atoms with van der Waals surface area (Å²) in [5.74, 6) is 0.954. The van der Waals surface area contributed by atoms with E-state index in [2.05, 4.69) is 20.8 Å². The number of para-hydroxylation sites is 1. The van der Waals surface area contributed by atoms with Crippen LogP contribution in [-0.4, -0.2) is 42.7 Å². The minimum Gasteiger partial charge on any atom is -0.488 e. The molecule has 1 aliphatic heterocycles. The lowest BCUT2D eigenvalue weighted by molar-refractivity contribution is 0.0594. The van der Waals surface area contributed by atoms with Crippen molar-refractivity contribution in [2.75, 3.05) is 31.3 Å². The fourth-order valence-corrected chi connectivity index (χ4v) is 2.58. The van der Waals surface area contributed by atoms with Gasteiger partial charge in [-0.15, -0.1) is 0 Å². The Labute approximate surface area is 134 Å². The summed E-state index contributed by atoms with van der Waals surface area (Å²) in [6.07, 6.45) is 0.830. The second kappa shape index (κ2) is 6.12. The van der Waals surface area contributed by atoms with E-state index >= 15 is 0 Å². The van der Waals surface area contributed by atoms with Crippen molar-refractivity contribution in [1.29, 1.82) is 0 Å². The third-order valence-electron chi connectivity index (χ3n) is 3.66. The fraction of sp³-hybridized carbons (Fsp3) is 0.312. The van der Waals surface area contributed by atoms with Crippen molar-refractivity contribution >= 4 is 17.7 Å². The van der Waals surface area contributed by atoms with Gasteiger partial charge in [0.1, 0.15) is 17.7 Å². The Morgan fingerprint density at radius 2 is 2.22 bits per heavy atom. The molecule has 23 heavy (non-hydrogen) atoms. The number of hydrogen-bond donors (Lipinski definition) is 1. The Kier molecular flexibility index (Phi) is 4.01. The van der Waals surface area contributed by atoms with Crippen LogP contribution in [0.4, 0.5) is 11.8 Å². The summed E-state index contributed by atoms with van der Waals surface area (Å²) < 4.78 is 10.6. The van der Waals surface area contributed by atoms with Crippen LogP contribution < -0.4 is 15.4 Å². The highest BCUT2D eigenvalue weighted by Gasteiger charge is 2.24. The van der Waals surface area contributed by atoms with Crippen molar-refractivity contribution in [2.45, 2.75) is 12.5 Å². The quantitative estimate of drug-likeness (QED) is 0.850. The third kappa shape index (κ3) is 3.18. The van der Waals surface area contributed by atoms with Gasteiger partial charge in [0.15, 0.2) is 5.69 Å². The van der Waals surface area contributed by atoms with Gasteiger partial charge in [-0.3, -0.25) is 0 Å². The second-order valence-corrected chi connectivity index (χ2v) is 5.40. The minimum atomic E-state index is -0.543. The van der Waals surface area contributed by atoms with Crippen LogP contribution in [0.1, 0.15) is 16.1 Å². The zero-order valence-corrected chi connectivity index (χ0v) is 13.0. The van der Waals surface area contributed by atoms with E-state index in [0.29, 0.717) is 12.5 Å². The van der Waals surface area contributed by atoms with E-state index < -0.39 is 5.97 Å². The maximum atomic E-state index is 11.6. The monoisotopic (exact) mass is 314 g/mol. The highest BCUT2D eigenvalue weighted by atomic mass is 16.5. The summed E-state index contributed by atoms with van der Waals surface area (Å²) in [7, 11) is 3.13. The van der Waals surface area contributed by atoms with E-state index in [1.165, 1.54) is 18.7 Å². The van der Waals surface area contributed by atoms with Crippen LogP contribution in [0.2, 0.25) is 0 Å². The molecule has 0 fully saturated rings. The van der Waals surface area contributed by atoms with Gasteiger partial charge in [0.25, 0.3) is 0 Å². The molecule has 7 nitrogen and oxygen atoms in total. The molecule has 1 aromatic carbocycles. The molecule has 3 rings (SSSR count). The molecule has 0 amide bonds. The molecule has 1 aromatic heterocycles. The number of ether oxygens (including phenoxy) is 2. The first-order valence-electron chi connectivity index (χ1n) is 7.25. The predicted octanol–water partition coefficient (Wildman–Crippen LogP) is 1.29. The van der Waals surface area contributed by atoms with Gasteiger partial charge in [-0.05, 0) is 11.6 Å². The van der Waals surface area contributed by atoms with Gasteiger partial charge in [-0.1, -0.05) is 18.2 Å². The number of aromatic nitrogens is 2. The molecule has 1 unspecified atom stereocenters. The highest BCUT2D eigenvalue weighted by Crippen LogP contribution is 2.28. The van der Waals surface area contributed by atoms with Crippen molar-refractivity contribution in [2.24, 2.45) is 0 Å². The number of benzene rings is 1. The number of carbonyl (C=O) groups excluding carboxylic acids is 1. The van der Waals surface area contributed by atoms with Gasteiger partial charge in [0.05, 0.1) is 13.7 Å². The fourth-order valence-electron chi connectivity index (χ4n) is 2.58. The number of anilines is 2. The van der Waals surface area contributed by atoms with Crippen molar-refractivity contribution in [3.8, 4) is 5.75 Å². The summed E-state index contributed by atoms with van der Waals surface area (Å²) in [5, 5.41) is 0. The number of esters is 1. The van der Waals surface area contributed by atoms with E-state index in [0.717, 1.165) is 12.2 Å². The zero-order chi connectivity index (χ0) is 16.4. The van der Waals surface area contributed by atoms with Crippen LogP contribution >= 0.6 is 0 Å². The molecular weight excluding hydrogens is 296 g/mol. The smallest absolute Gasteiger partial charge is 0.356 e.